The highest BCUT2D eigenvalue weighted by Crippen LogP contribution is 2.28. The molecule has 9 heteroatoms. The summed E-state index contributed by atoms with van der Waals surface area (Å²) in [6, 6.07) is 15.9. The van der Waals surface area contributed by atoms with Crippen LogP contribution < -0.4 is 10.1 Å². The van der Waals surface area contributed by atoms with Crippen molar-refractivity contribution in [3.63, 3.8) is 0 Å². The maximum absolute atomic E-state index is 12.5. The van der Waals surface area contributed by atoms with Crippen molar-refractivity contribution < 1.29 is 9.53 Å². The number of carbonyl (C=O) groups is 1. The number of ether oxygens (including phenoxy) is 1. The van der Waals surface area contributed by atoms with E-state index in [1.165, 1.54) is 28.7 Å². The van der Waals surface area contributed by atoms with E-state index >= 15 is 0 Å². The summed E-state index contributed by atoms with van der Waals surface area (Å²) in [5, 5.41) is 12.7. The molecule has 1 unspecified atom stereocenters. The third-order valence-corrected chi connectivity index (χ3v) is 7.07. The molecular formula is C25H27N5O2S2. The zero-order valence-corrected chi connectivity index (χ0v) is 21.0. The van der Waals surface area contributed by atoms with Crippen LogP contribution in [0.4, 0.5) is 5.13 Å². The first-order chi connectivity index (χ1) is 16.4. The van der Waals surface area contributed by atoms with Gasteiger partial charge in [0.15, 0.2) is 22.2 Å². The normalized spacial score (nSPS) is 12.1. The van der Waals surface area contributed by atoms with Gasteiger partial charge in [-0.25, -0.2) is 4.98 Å². The number of aromatic nitrogens is 4. The Labute approximate surface area is 207 Å². The van der Waals surface area contributed by atoms with E-state index < -0.39 is 0 Å². The van der Waals surface area contributed by atoms with Gasteiger partial charge < -0.3 is 10.1 Å². The monoisotopic (exact) mass is 493 g/mol. The Balaban J connectivity index is 1.40. The fraction of sp³-hybridized carbons (Fsp3) is 0.280. The van der Waals surface area contributed by atoms with Crippen molar-refractivity contribution in [1.29, 1.82) is 0 Å². The molecule has 2 aromatic carbocycles. The van der Waals surface area contributed by atoms with Crippen molar-refractivity contribution in [1.82, 2.24) is 19.7 Å². The molecule has 1 atom stereocenters. The number of hydrogen-bond acceptors (Lipinski definition) is 7. The number of thiazole rings is 1. The van der Waals surface area contributed by atoms with Crippen LogP contribution in [-0.2, 0) is 11.3 Å². The third-order valence-electron chi connectivity index (χ3n) is 5.15. The molecule has 4 aromatic rings. The van der Waals surface area contributed by atoms with Crippen molar-refractivity contribution in [2.24, 2.45) is 0 Å². The molecule has 7 nitrogen and oxygen atoms in total. The average Bonchev–Trinajstić information content (AvgIpc) is 3.41. The lowest BCUT2D eigenvalue weighted by Crippen LogP contribution is -2.15. The van der Waals surface area contributed by atoms with E-state index in [2.05, 4.69) is 53.1 Å². The summed E-state index contributed by atoms with van der Waals surface area (Å²) < 4.78 is 9.08. The highest BCUT2D eigenvalue weighted by atomic mass is 32.2. The molecule has 2 aromatic heterocycles. The predicted molar refractivity (Wildman–Crippen MR) is 139 cm³/mol. The number of amides is 1. The van der Waals surface area contributed by atoms with Gasteiger partial charge in [0.2, 0.25) is 5.91 Å². The number of carbonyl (C=O) groups excluding carboxylic acids is 1. The molecule has 4 rings (SSSR count). The molecule has 0 aliphatic heterocycles. The molecule has 0 saturated carbocycles. The first-order valence-electron chi connectivity index (χ1n) is 11.0. The molecule has 0 saturated heterocycles. The van der Waals surface area contributed by atoms with Crippen molar-refractivity contribution in [3.05, 3.63) is 72.6 Å². The van der Waals surface area contributed by atoms with E-state index in [4.69, 9.17) is 4.74 Å². The maximum atomic E-state index is 12.5. The number of fused-ring (bicyclic) bond motifs is 1. The van der Waals surface area contributed by atoms with Gasteiger partial charge in [0, 0.05) is 6.54 Å². The fourth-order valence-electron chi connectivity index (χ4n) is 3.41. The number of nitrogens with one attached hydrogen (secondary N) is 1. The molecular weight excluding hydrogens is 466 g/mol. The second-order valence-corrected chi connectivity index (χ2v) is 10.0. The van der Waals surface area contributed by atoms with Gasteiger partial charge >= 0.3 is 0 Å². The van der Waals surface area contributed by atoms with Crippen LogP contribution in [0.15, 0.2) is 66.3 Å². The summed E-state index contributed by atoms with van der Waals surface area (Å²) in [5.74, 6) is 1.97. The molecule has 34 heavy (non-hydrogen) atoms. The van der Waals surface area contributed by atoms with E-state index in [1.807, 2.05) is 47.9 Å². The molecule has 1 amide bonds. The first-order valence-corrected chi connectivity index (χ1v) is 12.8. The van der Waals surface area contributed by atoms with E-state index in [0.29, 0.717) is 28.6 Å². The number of para-hydroxylation sites is 1. The summed E-state index contributed by atoms with van der Waals surface area (Å²) in [6.45, 7) is 10.6. The van der Waals surface area contributed by atoms with E-state index in [9.17, 15) is 4.79 Å². The largest absolute Gasteiger partial charge is 0.483 e. The molecule has 0 aliphatic carbocycles. The summed E-state index contributed by atoms with van der Waals surface area (Å²) in [4.78, 5) is 17.0. The van der Waals surface area contributed by atoms with Crippen molar-refractivity contribution in [2.45, 2.75) is 44.5 Å². The Bertz CT molecular complexity index is 1250. The minimum absolute atomic E-state index is 0.145. The Morgan fingerprint density at radius 3 is 2.65 bits per heavy atom. The average molecular weight is 494 g/mol. The molecule has 1 N–H and O–H groups in total. The van der Waals surface area contributed by atoms with Crippen LogP contribution in [0.3, 0.4) is 0 Å². The number of rotatable bonds is 10. The van der Waals surface area contributed by atoms with Crippen LogP contribution in [0.2, 0.25) is 0 Å². The Morgan fingerprint density at radius 1 is 1.18 bits per heavy atom. The SMILES string of the molecule is C=CCn1c(SCC(=O)Nc2nc3ccccc3s2)nnc1C(C)Oc1ccc(C(C)C)cc1. The standard InChI is InChI=1S/C25H27N5O2S2/c1-5-14-30-23(17(4)32-19-12-10-18(11-13-19)16(2)3)28-29-25(30)33-15-22(31)27-24-26-20-8-6-7-9-21(20)34-24/h5-13,16-17H,1,14-15H2,2-4H3,(H,26,27,31). The van der Waals surface area contributed by atoms with Crippen LogP contribution in [-0.4, -0.2) is 31.4 Å². The molecule has 2 heterocycles. The third kappa shape index (κ3) is 5.66. The minimum atomic E-state index is -0.316. The van der Waals surface area contributed by atoms with Crippen molar-refractivity contribution in [2.75, 3.05) is 11.1 Å². The zero-order chi connectivity index (χ0) is 24.1. The lowest BCUT2D eigenvalue weighted by Gasteiger charge is -2.16. The van der Waals surface area contributed by atoms with Gasteiger partial charge in [0.25, 0.3) is 0 Å². The second kappa shape index (κ2) is 10.8. The number of benzene rings is 2. The van der Waals surface area contributed by atoms with Crippen LogP contribution in [0.5, 0.6) is 5.75 Å². The zero-order valence-electron chi connectivity index (χ0n) is 19.4. The Hall–Kier alpha value is -3.17. The van der Waals surface area contributed by atoms with Crippen molar-refractivity contribution in [3.8, 4) is 5.75 Å². The van der Waals surface area contributed by atoms with Gasteiger partial charge in [-0.05, 0) is 42.7 Å². The quantitative estimate of drug-likeness (QED) is 0.213. The maximum Gasteiger partial charge on any atom is 0.236 e. The van der Waals surface area contributed by atoms with Gasteiger partial charge in [-0.15, -0.1) is 16.8 Å². The number of hydrogen-bond donors (Lipinski definition) is 1. The predicted octanol–water partition coefficient (Wildman–Crippen LogP) is 6.07. The van der Waals surface area contributed by atoms with Crippen LogP contribution >= 0.6 is 23.1 Å². The fourth-order valence-corrected chi connectivity index (χ4v) is 5.04. The van der Waals surface area contributed by atoms with Gasteiger partial charge in [0.05, 0.1) is 16.0 Å². The smallest absolute Gasteiger partial charge is 0.236 e. The summed E-state index contributed by atoms with van der Waals surface area (Å²) in [5.41, 5.74) is 2.14. The second-order valence-electron chi connectivity index (χ2n) is 8.05. The summed E-state index contributed by atoms with van der Waals surface area (Å²) in [6.07, 6.45) is 1.46. The molecule has 0 radical (unpaired) electrons. The van der Waals surface area contributed by atoms with E-state index in [1.54, 1.807) is 6.08 Å². The molecule has 0 aliphatic rings. The lowest BCUT2D eigenvalue weighted by molar-refractivity contribution is -0.113. The van der Waals surface area contributed by atoms with Gasteiger partial charge in [0.1, 0.15) is 5.75 Å². The number of thioether (sulfide) groups is 1. The van der Waals surface area contributed by atoms with Crippen molar-refractivity contribution >= 4 is 44.4 Å². The van der Waals surface area contributed by atoms with E-state index in [-0.39, 0.29) is 17.8 Å². The molecule has 0 spiro atoms. The molecule has 176 valence electrons. The van der Waals surface area contributed by atoms with Crippen LogP contribution in [0.25, 0.3) is 10.2 Å². The van der Waals surface area contributed by atoms with E-state index in [0.717, 1.165) is 16.0 Å². The number of allylic oxidation sites excluding steroid dienone is 1. The summed E-state index contributed by atoms with van der Waals surface area (Å²) in [7, 11) is 0. The van der Waals surface area contributed by atoms with Crippen LogP contribution in [0, 0.1) is 0 Å². The number of anilines is 1. The van der Waals surface area contributed by atoms with Gasteiger partial charge in [-0.3, -0.25) is 9.36 Å². The Kier molecular flexibility index (Phi) is 7.64. The topological polar surface area (TPSA) is 81.9 Å². The highest BCUT2D eigenvalue weighted by molar-refractivity contribution is 7.99. The minimum Gasteiger partial charge on any atom is -0.483 e. The molecule has 0 bridgehead atoms. The summed E-state index contributed by atoms with van der Waals surface area (Å²) >= 11 is 2.78. The molecule has 0 fully saturated rings. The van der Waals surface area contributed by atoms with Gasteiger partial charge in [-0.1, -0.05) is 67.3 Å². The van der Waals surface area contributed by atoms with Gasteiger partial charge in [-0.2, -0.15) is 0 Å². The Morgan fingerprint density at radius 2 is 1.94 bits per heavy atom. The first kappa shape index (κ1) is 24.0. The lowest BCUT2D eigenvalue weighted by atomic mass is 10.0. The highest BCUT2D eigenvalue weighted by Gasteiger charge is 2.20. The number of nitrogens with zero attached hydrogens (tertiary/aromatic N) is 4. The van der Waals surface area contributed by atoms with Crippen LogP contribution in [0.1, 0.15) is 44.2 Å².